The van der Waals surface area contributed by atoms with E-state index in [1.165, 1.54) is 0 Å². The molecule has 0 heterocycles. The Morgan fingerprint density at radius 3 is 2.36 bits per heavy atom. The van der Waals surface area contributed by atoms with E-state index in [1.807, 2.05) is 18.2 Å². The average molecular weight is 213 g/mol. The zero-order chi connectivity index (χ0) is 10.6. The number of sulfone groups is 1. The molecule has 1 unspecified atom stereocenters. The lowest BCUT2D eigenvalue weighted by molar-refractivity contribution is 0.583. The van der Waals surface area contributed by atoms with Crippen LogP contribution in [0.15, 0.2) is 30.3 Å². The van der Waals surface area contributed by atoms with E-state index >= 15 is 0 Å². The Balaban J connectivity index is 2.79. The molecule has 14 heavy (non-hydrogen) atoms. The van der Waals surface area contributed by atoms with Gasteiger partial charge >= 0.3 is 0 Å². The van der Waals surface area contributed by atoms with Crippen molar-refractivity contribution in [3.8, 4) is 0 Å². The van der Waals surface area contributed by atoms with Gasteiger partial charge in [-0.25, -0.2) is 8.42 Å². The fourth-order valence-electron chi connectivity index (χ4n) is 1.10. The van der Waals surface area contributed by atoms with Crippen molar-refractivity contribution in [1.82, 2.24) is 0 Å². The van der Waals surface area contributed by atoms with Crippen molar-refractivity contribution in [2.24, 2.45) is 5.73 Å². The van der Waals surface area contributed by atoms with Gasteiger partial charge in [0.25, 0.3) is 0 Å². The van der Waals surface area contributed by atoms with Crippen LogP contribution < -0.4 is 5.73 Å². The van der Waals surface area contributed by atoms with Crippen LogP contribution in [0, 0.1) is 0 Å². The molecule has 0 bridgehead atoms. The molecule has 1 rings (SSSR count). The molecule has 0 aliphatic carbocycles. The molecule has 78 valence electrons. The molecule has 0 amide bonds. The Hall–Kier alpha value is -0.870. The number of nitrogens with two attached hydrogens (primary N) is 1. The summed E-state index contributed by atoms with van der Waals surface area (Å²) in [4.78, 5) is 0. The predicted molar refractivity (Wildman–Crippen MR) is 57.6 cm³/mol. The average Bonchev–Trinajstić information content (AvgIpc) is 2.17. The van der Waals surface area contributed by atoms with Gasteiger partial charge in [-0.3, -0.25) is 0 Å². The predicted octanol–water partition coefficient (Wildman–Crippen LogP) is 0.949. The molecule has 3 nitrogen and oxygen atoms in total. The van der Waals surface area contributed by atoms with E-state index in [1.54, 1.807) is 19.1 Å². The molecule has 0 radical (unpaired) electrons. The van der Waals surface area contributed by atoms with Crippen LogP contribution in [0.4, 0.5) is 0 Å². The van der Waals surface area contributed by atoms with Crippen molar-refractivity contribution in [2.75, 3.05) is 6.54 Å². The highest BCUT2D eigenvalue weighted by Gasteiger charge is 2.19. The summed E-state index contributed by atoms with van der Waals surface area (Å²) >= 11 is 0. The molecule has 4 heteroatoms. The molecular weight excluding hydrogens is 198 g/mol. The summed E-state index contributed by atoms with van der Waals surface area (Å²) in [5.41, 5.74) is 6.15. The Morgan fingerprint density at radius 1 is 1.29 bits per heavy atom. The van der Waals surface area contributed by atoms with Crippen LogP contribution in [-0.2, 0) is 15.6 Å². The second-order valence-corrected chi connectivity index (χ2v) is 5.76. The third-order valence-corrected chi connectivity index (χ3v) is 4.31. The Labute approximate surface area is 84.9 Å². The second-order valence-electron chi connectivity index (χ2n) is 3.34. The quantitative estimate of drug-likeness (QED) is 0.810. The summed E-state index contributed by atoms with van der Waals surface area (Å²) in [6, 6.07) is 9.14. The maximum absolute atomic E-state index is 11.7. The van der Waals surface area contributed by atoms with E-state index in [9.17, 15) is 8.42 Å². The lowest BCUT2D eigenvalue weighted by Crippen LogP contribution is -2.27. The van der Waals surface area contributed by atoms with E-state index in [2.05, 4.69) is 0 Å². The zero-order valence-electron chi connectivity index (χ0n) is 8.18. The first-order valence-electron chi connectivity index (χ1n) is 4.52. The summed E-state index contributed by atoms with van der Waals surface area (Å²) in [5, 5.41) is -0.470. The summed E-state index contributed by atoms with van der Waals surface area (Å²) in [7, 11) is -3.09. The highest BCUT2D eigenvalue weighted by atomic mass is 32.2. The standard InChI is InChI=1S/C10H15NO2S/c1-9(7-11)14(12,13)8-10-5-3-2-4-6-10/h2-6,9H,7-8,11H2,1H3. The van der Waals surface area contributed by atoms with E-state index in [0.717, 1.165) is 5.56 Å². The van der Waals surface area contributed by atoms with Crippen LogP contribution in [0.5, 0.6) is 0 Å². The lowest BCUT2D eigenvalue weighted by atomic mass is 10.2. The minimum atomic E-state index is -3.09. The van der Waals surface area contributed by atoms with Crippen molar-refractivity contribution in [3.63, 3.8) is 0 Å². The molecule has 0 spiro atoms. The van der Waals surface area contributed by atoms with Crippen LogP contribution in [0.25, 0.3) is 0 Å². The summed E-state index contributed by atoms with van der Waals surface area (Å²) in [5.74, 6) is 0.0756. The summed E-state index contributed by atoms with van der Waals surface area (Å²) in [6.07, 6.45) is 0. The SMILES string of the molecule is CC(CN)S(=O)(=O)Cc1ccccc1. The molecule has 2 N–H and O–H groups in total. The highest BCUT2D eigenvalue weighted by Crippen LogP contribution is 2.09. The van der Waals surface area contributed by atoms with Gasteiger partial charge in [0.2, 0.25) is 0 Å². The van der Waals surface area contributed by atoms with Gasteiger partial charge in [-0.2, -0.15) is 0 Å². The number of hydrogen-bond donors (Lipinski definition) is 1. The minimum Gasteiger partial charge on any atom is -0.329 e. The first-order chi connectivity index (χ1) is 6.56. The Bertz CT molecular complexity index is 372. The van der Waals surface area contributed by atoms with Gasteiger partial charge in [-0.15, -0.1) is 0 Å². The molecule has 0 fully saturated rings. The van der Waals surface area contributed by atoms with Crippen LogP contribution in [0.3, 0.4) is 0 Å². The van der Waals surface area contributed by atoms with Gasteiger partial charge in [-0.05, 0) is 12.5 Å². The number of benzene rings is 1. The Kier molecular flexibility index (Phi) is 3.66. The molecule has 1 atom stereocenters. The summed E-state index contributed by atoms with van der Waals surface area (Å²) in [6.45, 7) is 1.81. The van der Waals surface area contributed by atoms with E-state index in [4.69, 9.17) is 5.73 Å². The van der Waals surface area contributed by atoms with Gasteiger partial charge in [0, 0.05) is 6.54 Å². The third kappa shape index (κ3) is 2.82. The van der Waals surface area contributed by atoms with Gasteiger partial charge in [0.1, 0.15) is 0 Å². The van der Waals surface area contributed by atoms with E-state index in [0.29, 0.717) is 0 Å². The zero-order valence-corrected chi connectivity index (χ0v) is 9.00. The fraction of sp³-hybridized carbons (Fsp3) is 0.400. The number of rotatable bonds is 4. The molecule has 0 aliphatic heterocycles. The normalized spacial score (nSPS) is 13.9. The van der Waals surface area contributed by atoms with E-state index in [-0.39, 0.29) is 12.3 Å². The topological polar surface area (TPSA) is 60.2 Å². The molecular formula is C10H15NO2S. The molecule has 0 saturated heterocycles. The smallest absolute Gasteiger partial charge is 0.158 e. The molecule has 1 aromatic rings. The van der Waals surface area contributed by atoms with Crippen LogP contribution >= 0.6 is 0 Å². The highest BCUT2D eigenvalue weighted by molar-refractivity contribution is 7.91. The molecule has 0 saturated carbocycles. The van der Waals surface area contributed by atoms with Crippen LogP contribution in [0.1, 0.15) is 12.5 Å². The van der Waals surface area contributed by atoms with Crippen molar-refractivity contribution in [1.29, 1.82) is 0 Å². The number of hydrogen-bond acceptors (Lipinski definition) is 3. The monoisotopic (exact) mass is 213 g/mol. The summed E-state index contributed by atoms with van der Waals surface area (Å²) < 4.78 is 23.3. The molecule has 1 aromatic carbocycles. The van der Waals surface area contributed by atoms with Gasteiger partial charge in [0.05, 0.1) is 11.0 Å². The Morgan fingerprint density at radius 2 is 1.86 bits per heavy atom. The second kappa shape index (κ2) is 4.57. The van der Waals surface area contributed by atoms with Gasteiger partial charge in [-0.1, -0.05) is 30.3 Å². The largest absolute Gasteiger partial charge is 0.329 e. The van der Waals surface area contributed by atoms with Crippen molar-refractivity contribution < 1.29 is 8.42 Å². The minimum absolute atomic E-state index is 0.0756. The van der Waals surface area contributed by atoms with Gasteiger partial charge in [0.15, 0.2) is 9.84 Å². The van der Waals surface area contributed by atoms with Crippen molar-refractivity contribution in [2.45, 2.75) is 17.9 Å². The lowest BCUT2D eigenvalue weighted by Gasteiger charge is -2.09. The first kappa shape index (κ1) is 11.2. The van der Waals surface area contributed by atoms with Crippen LogP contribution in [0.2, 0.25) is 0 Å². The fourth-order valence-corrected chi connectivity index (χ4v) is 2.33. The third-order valence-electron chi connectivity index (χ3n) is 2.16. The maximum atomic E-state index is 11.7. The maximum Gasteiger partial charge on any atom is 0.158 e. The molecule has 0 aromatic heterocycles. The van der Waals surface area contributed by atoms with Gasteiger partial charge < -0.3 is 5.73 Å². The van der Waals surface area contributed by atoms with Crippen molar-refractivity contribution >= 4 is 9.84 Å². The van der Waals surface area contributed by atoms with Crippen molar-refractivity contribution in [3.05, 3.63) is 35.9 Å². The first-order valence-corrected chi connectivity index (χ1v) is 6.23. The van der Waals surface area contributed by atoms with E-state index < -0.39 is 15.1 Å². The molecule has 0 aliphatic rings. The van der Waals surface area contributed by atoms with Crippen LogP contribution in [-0.4, -0.2) is 20.2 Å².